The molecule has 3 N–H and O–H groups in total. The number of phenolic OH excluding ortho intramolecular Hbond substituents is 1. The molecule has 3 aromatic rings. The molecule has 0 radical (unpaired) electrons. The van der Waals surface area contributed by atoms with Gasteiger partial charge < -0.3 is 20.3 Å². The van der Waals surface area contributed by atoms with Gasteiger partial charge in [0.05, 0.1) is 0 Å². The molecule has 0 aliphatic rings. The lowest BCUT2D eigenvalue weighted by molar-refractivity contribution is 0.475. The molecule has 120 valence electrons. The number of aromatic hydroxyl groups is 1. The number of benzene rings is 1. The Bertz CT molecular complexity index is 845. The molecule has 0 unspecified atom stereocenters. The normalized spacial score (nSPS) is 11.1. The van der Waals surface area contributed by atoms with E-state index in [9.17, 15) is 5.11 Å². The van der Waals surface area contributed by atoms with Crippen molar-refractivity contribution in [3.63, 3.8) is 0 Å². The first-order valence-corrected chi connectivity index (χ1v) is 8.10. The standard InChI is InChI=1S/C15H17BrN6O/c1-3-21(9-5-7-10(23)8-6-9)15-19-12(17)11-13(20-15)22(4-2)14(16)18-11/h5-8,23H,3-4H2,1-2H3,(H2,17,19,20). The van der Waals surface area contributed by atoms with Crippen LogP contribution < -0.4 is 10.6 Å². The second kappa shape index (κ2) is 6.04. The Labute approximate surface area is 141 Å². The Kier molecular flexibility index (Phi) is 4.08. The second-order valence-corrected chi connectivity index (χ2v) is 5.68. The summed E-state index contributed by atoms with van der Waals surface area (Å²) in [5, 5.41) is 9.45. The number of fused-ring (bicyclic) bond motifs is 1. The maximum absolute atomic E-state index is 9.45. The fourth-order valence-electron chi connectivity index (χ4n) is 2.46. The maximum atomic E-state index is 9.45. The number of nitrogens with two attached hydrogens (primary N) is 1. The molecule has 0 saturated carbocycles. The lowest BCUT2D eigenvalue weighted by Gasteiger charge is -2.21. The van der Waals surface area contributed by atoms with E-state index in [0.29, 0.717) is 34.2 Å². The van der Waals surface area contributed by atoms with E-state index in [1.807, 2.05) is 35.4 Å². The zero-order chi connectivity index (χ0) is 16.6. The average Bonchev–Trinajstić information content (AvgIpc) is 2.86. The van der Waals surface area contributed by atoms with Crippen LogP contribution in [-0.4, -0.2) is 31.2 Å². The van der Waals surface area contributed by atoms with Crippen LogP contribution in [-0.2, 0) is 6.54 Å². The van der Waals surface area contributed by atoms with Crippen LogP contribution in [0.25, 0.3) is 11.2 Å². The molecule has 7 nitrogen and oxygen atoms in total. The van der Waals surface area contributed by atoms with Crippen LogP contribution in [0.15, 0.2) is 29.0 Å². The number of aromatic nitrogens is 4. The van der Waals surface area contributed by atoms with Crippen LogP contribution in [0.3, 0.4) is 0 Å². The van der Waals surface area contributed by atoms with E-state index in [1.165, 1.54) is 0 Å². The number of rotatable bonds is 4. The summed E-state index contributed by atoms with van der Waals surface area (Å²) in [6.45, 7) is 5.40. The molecule has 0 aliphatic heterocycles. The number of hydrogen-bond acceptors (Lipinski definition) is 6. The molecule has 2 aromatic heterocycles. The lowest BCUT2D eigenvalue weighted by Crippen LogP contribution is -2.19. The van der Waals surface area contributed by atoms with Gasteiger partial charge in [0.2, 0.25) is 5.95 Å². The Hall–Kier alpha value is -2.35. The fraction of sp³-hybridized carbons (Fsp3) is 0.267. The molecule has 1 aromatic carbocycles. The van der Waals surface area contributed by atoms with E-state index in [4.69, 9.17) is 5.73 Å². The van der Waals surface area contributed by atoms with Gasteiger partial charge >= 0.3 is 0 Å². The van der Waals surface area contributed by atoms with Gasteiger partial charge in [-0.3, -0.25) is 0 Å². The van der Waals surface area contributed by atoms with Gasteiger partial charge in [0, 0.05) is 18.8 Å². The smallest absolute Gasteiger partial charge is 0.233 e. The van der Waals surface area contributed by atoms with Gasteiger partial charge in [-0.1, -0.05) is 0 Å². The quantitative estimate of drug-likeness (QED) is 0.679. The number of nitrogens with zero attached hydrogens (tertiary/aromatic N) is 5. The summed E-state index contributed by atoms with van der Waals surface area (Å²) in [5.74, 6) is 1.06. The van der Waals surface area contributed by atoms with Crippen molar-refractivity contribution < 1.29 is 5.11 Å². The van der Waals surface area contributed by atoms with E-state index >= 15 is 0 Å². The number of imidazole rings is 1. The zero-order valence-electron chi connectivity index (χ0n) is 12.9. The highest BCUT2D eigenvalue weighted by Gasteiger charge is 2.18. The second-order valence-electron chi connectivity index (χ2n) is 4.97. The number of halogens is 1. The molecule has 0 amide bonds. The van der Waals surface area contributed by atoms with E-state index in [0.717, 1.165) is 12.2 Å². The SMILES string of the molecule is CCN(c1ccc(O)cc1)c1nc(N)c2nc(Br)n(CC)c2n1. The van der Waals surface area contributed by atoms with Crippen molar-refractivity contribution in [2.24, 2.45) is 0 Å². The predicted molar refractivity (Wildman–Crippen MR) is 93.9 cm³/mol. The molecule has 0 aliphatic carbocycles. The average molecular weight is 377 g/mol. The number of hydrogen-bond donors (Lipinski definition) is 2. The van der Waals surface area contributed by atoms with Crippen molar-refractivity contribution in [3.05, 3.63) is 29.0 Å². The minimum Gasteiger partial charge on any atom is -0.508 e. The third-order valence-corrected chi connectivity index (χ3v) is 4.20. The fourth-order valence-corrected chi connectivity index (χ4v) is 3.05. The van der Waals surface area contributed by atoms with E-state index in [-0.39, 0.29) is 5.75 Å². The van der Waals surface area contributed by atoms with E-state index in [1.54, 1.807) is 12.1 Å². The monoisotopic (exact) mass is 376 g/mol. The topological polar surface area (TPSA) is 93.1 Å². The van der Waals surface area contributed by atoms with Crippen molar-refractivity contribution >= 4 is 44.5 Å². The molecule has 2 heterocycles. The summed E-state index contributed by atoms with van der Waals surface area (Å²) in [4.78, 5) is 15.3. The molecule has 23 heavy (non-hydrogen) atoms. The molecule has 0 atom stereocenters. The first-order valence-electron chi connectivity index (χ1n) is 7.31. The molecular weight excluding hydrogens is 360 g/mol. The number of phenols is 1. The van der Waals surface area contributed by atoms with Gasteiger partial charge in [0.1, 0.15) is 5.75 Å². The highest BCUT2D eigenvalue weighted by molar-refractivity contribution is 9.10. The first kappa shape index (κ1) is 15.5. The van der Waals surface area contributed by atoms with Crippen molar-refractivity contribution in [3.8, 4) is 5.75 Å². The van der Waals surface area contributed by atoms with E-state index < -0.39 is 0 Å². The van der Waals surface area contributed by atoms with E-state index in [2.05, 4.69) is 30.9 Å². The van der Waals surface area contributed by atoms with Crippen LogP contribution in [0.4, 0.5) is 17.5 Å². The van der Waals surface area contributed by atoms with Crippen LogP contribution in [0.1, 0.15) is 13.8 Å². The van der Waals surface area contributed by atoms with Gasteiger partial charge in [-0.2, -0.15) is 9.97 Å². The van der Waals surface area contributed by atoms with Crippen LogP contribution in [0, 0.1) is 0 Å². The largest absolute Gasteiger partial charge is 0.508 e. The number of aryl methyl sites for hydroxylation is 1. The molecule has 3 rings (SSSR count). The molecule has 8 heteroatoms. The zero-order valence-corrected chi connectivity index (χ0v) is 14.4. The molecule has 0 spiro atoms. The maximum Gasteiger partial charge on any atom is 0.233 e. The summed E-state index contributed by atoms with van der Waals surface area (Å²) < 4.78 is 2.61. The molecular formula is C15H17BrN6O. The van der Waals surface area contributed by atoms with Crippen molar-refractivity contribution in [2.75, 3.05) is 17.2 Å². The van der Waals surface area contributed by atoms with Crippen LogP contribution in [0.2, 0.25) is 0 Å². The Morgan fingerprint density at radius 2 is 1.87 bits per heavy atom. The highest BCUT2D eigenvalue weighted by atomic mass is 79.9. The van der Waals surface area contributed by atoms with Gasteiger partial charge in [0.15, 0.2) is 21.7 Å². The van der Waals surface area contributed by atoms with Gasteiger partial charge in [-0.05, 0) is 54.0 Å². The van der Waals surface area contributed by atoms with Gasteiger partial charge in [-0.25, -0.2) is 4.98 Å². The summed E-state index contributed by atoms with van der Waals surface area (Å²) in [7, 11) is 0. The molecule has 0 saturated heterocycles. The van der Waals surface area contributed by atoms with Crippen LogP contribution in [0.5, 0.6) is 5.75 Å². The lowest BCUT2D eigenvalue weighted by atomic mass is 10.3. The van der Waals surface area contributed by atoms with Gasteiger partial charge in [0.25, 0.3) is 0 Å². The number of anilines is 3. The predicted octanol–water partition coefficient (Wildman–Crippen LogP) is 3.05. The Morgan fingerprint density at radius 3 is 2.48 bits per heavy atom. The molecule has 0 fully saturated rings. The number of nitrogen functional groups attached to an aromatic ring is 1. The highest BCUT2D eigenvalue weighted by Crippen LogP contribution is 2.28. The van der Waals surface area contributed by atoms with Crippen molar-refractivity contribution in [1.82, 2.24) is 19.5 Å². The van der Waals surface area contributed by atoms with Crippen molar-refractivity contribution in [1.29, 1.82) is 0 Å². The van der Waals surface area contributed by atoms with Crippen molar-refractivity contribution in [2.45, 2.75) is 20.4 Å². The first-order chi connectivity index (χ1) is 11.0. The summed E-state index contributed by atoms with van der Waals surface area (Å²) in [6.07, 6.45) is 0. The molecule has 0 bridgehead atoms. The minimum atomic E-state index is 0.216. The Morgan fingerprint density at radius 1 is 1.17 bits per heavy atom. The third-order valence-electron chi connectivity index (χ3n) is 3.60. The third kappa shape index (κ3) is 2.70. The summed E-state index contributed by atoms with van der Waals surface area (Å²) >= 11 is 3.42. The Balaban J connectivity index is 2.15. The van der Waals surface area contributed by atoms with Crippen LogP contribution >= 0.6 is 15.9 Å². The summed E-state index contributed by atoms with van der Waals surface area (Å²) in [6, 6.07) is 6.89. The van der Waals surface area contributed by atoms with Gasteiger partial charge in [-0.15, -0.1) is 0 Å². The summed E-state index contributed by atoms with van der Waals surface area (Å²) in [5.41, 5.74) is 8.24. The minimum absolute atomic E-state index is 0.216.